The molecule has 3 rings (SSSR count). The molecule has 0 unspecified atom stereocenters. The van der Waals surface area contributed by atoms with Crippen LogP contribution in [0.2, 0.25) is 0 Å². The van der Waals surface area contributed by atoms with Gasteiger partial charge >= 0.3 is 29.6 Å². The van der Waals surface area contributed by atoms with E-state index in [2.05, 4.69) is 15.0 Å². The standard InChI is InChI=1S/C12H7N3O3.Na/c16-11-7-5-6-3-1-2-4-8(6)13-9(7)14-10(15-11)12(17)18;/h1-5H,(H,17,18)(H,13,14,15,16);/q;+1/p-1. The summed E-state index contributed by atoms with van der Waals surface area (Å²) in [6.45, 7) is 0. The van der Waals surface area contributed by atoms with Gasteiger partial charge in [0.05, 0.1) is 10.9 Å². The number of hydrogen-bond donors (Lipinski definition) is 1. The zero-order valence-corrected chi connectivity index (χ0v) is 12.0. The van der Waals surface area contributed by atoms with E-state index in [9.17, 15) is 14.7 Å². The Bertz CT molecular complexity index is 844. The van der Waals surface area contributed by atoms with Gasteiger partial charge in [0.1, 0.15) is 5.97 Å². The number of H-pyrrole nitrogens is 1. The number of para-hydroxylation sites is 1. The smallest absolute Gasteiger partial charge is 0.542 e. The van der Waals surface area contributed by atoms with Crippen molar-refractivity contribution in [3.05, 3.63) is 46.5 Å². The van der Waals surface area contributed by atoms with Crippen LogP contribution in [-0.2, 0) is 0 Å². The van der Waals surface area contributed by atoms with Crippen molar-refractivity contribution in [3.8, 4) is 0 Å². The molecule has 2 heterocycles. The van der Waals surface area contributed by atoms with Crippen molar-refractivity contribution >= 4 is 27.9 Å². The molecule has 0 aliphatic rings. The van der Waals surface area contributed by atoms with E-state index in [4.69, 9.17) is 0 Å². The summed E-state index contributed by atoms with van der Waals surface area (Å²) >= 11 is 0. The van der Waals surface area contributed by atoms with Gasteiger partial charge in [-0.05, 0) is 12.1 Å². The molecule has 0 atom stereocenters. The van der Waals surface area contributed by atoms with Gasteiger partial charge in [-0.1, -0.05) is 18.2 Å². The van der Waals surface area contributed by atoms with E-state index in [1.165, 1.54) is 0 Å². The Kier molecular flexibility index (Phi) is 3.66. The molecule has 0 fully saturated rings. The van der Waals surface area contributed by atoms with Crippen LogP contribution in [0.5, 0.6) is 0 Å². The van der Waals surface area contributed by atoms with E-state index in [0.29, 0.717) is 5.52 Å². The summed E-state index contributed by atoms with van der Waals surface area (Å²) in [7, 11) is 0. The van der Waals surface area contributed by atoms with Gasteiger partial charge < -0.3 is 14.9 Å². The van der Waals surface area contributed by atoms with Crippen LogP contribution in [0.15, 0.2) is 35.1 Å². The van der Waals surface area contributed by atoms with E-state index < -0.39 is 17.4 Å². The maximum absolute atomic E-state index is 11.7. The number of carbonyl (C=O) groups is 1. The van der Waals surface area contributed by atoms with Crippen LogP contribution in [0, 0.1) is 0 Å². The maximum Gasteiger partial charge on any atom is 1.00 e. The monoisotopic (exact) mass is 263 g/mol. The van der Waals surface area contributed by atoms with Crippen LogP contribution in [0.25, 0.3) is 21.9 Å². The molecule has 0 saturated carbocycles. The van der Waals surface area contributed by atoms with Crippen molar-refractivity contribution in [2.45, 2.75) is 0 Å². The zero-order valence-electron chi connectivity index (χ0n) is 10.0. The van der Waals surface area contributed by atoms with Crippen LogP contribution in [0.1, 0.15) is 10.6 Å². The molecule has 88 valence electrons. The summed E-state index contributed by atoms with van der Waals surface area (Å²) in [6, 6.07) is 8.83. The first-order valence-electron chi connectivity index (χ1n) is 5.16. The van der Waals surface area contributed by atoms with Crippen LogP contribution >= 0.6 is 0 Å². The molecule has 2 aromatic heterocycles. The average molecular weight is 263 g/mol. The molecule has 3 aromatic rings. The molecule has 0 spiro atoms. The van der Waals surface area contributed by atoms with Crippen molar-refractivity contribution in [1.29, 1.82) is 0 Å². The van der Waals surface area contributed by atoms with Gasteiger partial charge in [-0.25, -0.2) is 9.97 Å². The summed E-state index contributed by atoms with van der Waals surface area (Å²) in [4.78, 5) is 32.5. The molecular weight excluding hydrogens is 257 g/mol. The summed E-state index contributed by atoms with van der Waals surface area (Å²) in [6.07, 6.45) is 0. The number of nitrogens with zero attached hydrogens (tertiary/aromatic N) is 2. The third-order valence-electron chi connectivity index (χ3n) is 2.59. The van der Waals surface area contributed by atoms with Crippen molar-refractivity contribution in [2.75, 3.05) is 0 Å². The summed E-state index contributed by atoms with van der Waals surface area (Å²) in [5.41, 5.74) is 0.196. The number of carbonyl (C=O) groups excluding carboxylic acids is 1. The summed E-state index contributed by atoms with van der Waals surface area (Å²) in [5, 5.41) is 11.7. The van der Waals surface area contributed by atoms with Gasteiger partial charge in [0.15, 0.2) is 11.5 Å². The number of aromatic nitrogens is 3. The fraction of sp³-hybridized carbons (Fsp3) is 0. The number of nitrogens with one attached hydrogen (secondary N) is 1. The first-order chi connectivity index (χ1) is 8.65. The first kappa shape index (κ1) is 13.7. The average Bonchev–Trinajstić information content (AvgIpc) is 2.36. The largest absolute Gasteiger partial charge is 1.00 e. The Morgan fingerprint density at radius 3 is 2.68 bits per heavy atom. The van der Waals surface area contributed by atoms with Crippen molar-refractivity contribution < 1.29 is 39.5 Å². The Morgan fingerprint density at radius 1 is 1.21 bits per heavy atom. The van der Waals surface area contributed by atoms with Gasteiger partial charge in [0.2, 0.25) is 0 Å². The summed E-state index contributed by atoms with van der Waals surface area (Å²) < 4.78 is 0. The van der Waals surface area contributed by atoms with E-state index in [-0.39, 0.29) is 40.6 Å². The van der Waals surface area contributed by atoms with Crippen LogP contribution in [0.4, 0.5) is 0 Å². The molecule has 7 heteroatoms. The molecule has 0 bridgehead atoms. The molecular formula is C12H6N3NaO3. The van der Waals surface area contributed by atoms with Crippen molar-refractivity contribution in [3.63, 3.8) is 0 Å². The Hall–Kier alpha value is -1.76. The van der Waals surface area contributed by atoms with Gasteiger partial charge in [0.25, 0.3) is 5.56 Å². The number of rotatable bonds is 1. The normalized spacial score (nSPS) is 10.3. The van der Waals surface area contributed by atoms with E-state index in [1.807, 2.05) is 12.1 Å². The fourth-order valence-electron chi connectivity index (χ4n) is 1.76. The topological polar surface area (TPSA) is 98.8 Å². The van der Waals surface area contributed by atoms with Crippen molar-refractivity contribution in [2.24, 2.45) is 0 Å². The maximum atomic E-state index is 11.7. The number of benzene rings is 1. The SMILES string of the molecule is O=C([O-])c1nc2nc3ccccc3cc2c(=O)[nH]1.[Na+]. The molecule has 0 amide bonds. The second kappa shape index (κ2) is 5.08. The Labute approximate surface area is 128 Å². The number of aromatic carboxylic acids is 1. The quantitative estimate of drug-likeness (QED) is 0.369. The Morgan fingerprint density at radius 2 is 1.95 bits per heavy atom. The second-order valence-corrected chi connectivity index (χ2v) is 3.75. The number of fused-ring (bicyclic) bond motifs is 2. The van der Waals surface area contributed by atoms with Crippen molar-refractivity contribution in [1.82, 2.24) is 15.0 Å². The first-order valence-corrected chi connectivity index (χ1v) is 5.16. The molecule has 0 saturated heterocycles. The van der Waals surface area contributed by atoms with Crippen LogP contribution < -0.4 is 40.2 Å². The summed E-state index contributed by atoms with van der Waals surface area (Å²) in [5.74, 6) is -2.06. The minimum atomic E-state index is -1.54. The van der Waals surface area contributed by atoms with Gasteiger partial charge in [-0.3, -0.25) is 4.79 Å². The predicted octanol–water partition coefficient (Wildman–Crippen LogP) is -3.16. The molecule has 19 heavy (non-hydrogen) atoms. The van der Waals surface area contributed by atoms with E-state index in [1.54, 1.807) is 18.2 Å². The predicted molar refractivity (Wildman–Crippen MR) is 62.0 cm³/mol. The van der Waals surface area contributed by atoms with Crippen LogP contribution in [-0.4, -0.2) is 20.9 Å². The van der Waals surface area contributed by atoms with Gasteiger partial charge in [0, 0.05) is 5.39 Å². The van der Waals surface area contributed by atoms with E-state index >= 15 is 0 Å². The van der Waals surface area contributed by atoms with E-state index in [0.717, 1.165) is 5.39 Å². The molecule has 1 aromatic carbocycles. The molecule has 0 aliphatic heterocycles. The minimum Gasteiger partial charge on any atom is -0.542 e. The van der Waals surface area contributed by atoms with Gasteiger partial charge in [-0.15, -0.1) is 0 Å². The Balaban J connectivity index is 0.00000133. The third-order valence-corrected chi connectivity index (χ3v) is 2.59. The number of carboxylic acid groups (broad SMARTS) is 1. The van der Waals surface area contributed by atoms with Crippen LogP contribution in [0.3, 0.4) is 0 Å². The molecule has 0 aliphatic carbocycles. The zero-order chi connectivity index (χ0) is 12.7. The number of pyridine rings is 1. The number of hydrogen-bond acceptors (Lipinski definition) is 5. The van der Waals surface area contributed by atoms with Gasteiger partial charge in [-0.2, -0.15) is 0 Å². The molecule has 6 nitrogen and oxygen atoms in total. The third kappa shape index (κ3) is 2.37. The minimum absolute atomic E-state index is 0. The number of carboxylic acids is 1. The number of aromatic amines is 1. The molecule has 1 N–H and O–H groups in total. The fourth-order valence-corrected chi connectivity index (χ4v) is 1.76. The second-order valence-electron chi connectivity index (χ2n) is 3.75. The molecule has 0 radical (unpaired) electrons.